The number of esters is 3. The van der Waals surface area contributed by atoms with E-state index in [1.807, 2.05) is 26.8 Å². The van der Waals surface area contributed by atoms with E-state index in [-0.39, 0.29) is 43.8 Å². The second-order valence-electron chi connectivity index (χ2n) is 23.1. The number of rotatable bonds is 29. The van der Waals surface area contributed by atoms with Gasteiger partial charge in [0.2, 0.25) is 35.4 Å². The van der Waals surface area contributed by atoms with Crippen LogP contribution >= 0.6 is 0 Å². The summed E-state index contributed by atoms with van der Waals surface area (Å²) in [4.78, 5) is 123. The molecule has 0 heterocycles. The van der Waals surface area contributed by atoms with E-state index in [0.717, 1.165) is 5.56 Å². The van der Waals surface area contributed by atoms with Crippen LogP contribution in [0.3, 0.4) is 0 Å². The van der Waals surface area contributed by atoms with Crippen LogP contribution in [0.2, 0.25) is 0 Å². The van der Waals surface area contributed by atoms with E-state index in [9.17, 15) is 43.2 Å². The maximum absolute atomic E-state index is 14.7. The molecule has 420 valence electrons. The molecule has 1 aromatic carbocycles. The van der Waals surface area contributed by atoms with Crippen LogP contribution in [-0.2, 0) is 73.3 Å². The molecule has 20 nitrogen and oxygen atoms in total. The summed E-state index contributed by atoms with van der Waals surface area (Å²) < 4.78 is 26.7. The summed E-state index contributed by atoms with van der Waals surface area (Å²) in [5.41, 5.74) is -2.17. The van der Waals surface area contributed by atoms with Crippen LogP contribution < -0.4 is 31.9 Å². The highest BCUT2D eigenvalue weighted by molar-refractivity contribution is 5.98. The molecule has 6 N–H and O–H groups in total. The van der Waals surface area contributed by atoms with E-state index in [2.05, 4.69) is 31.9 Å². The number of carbonyl (C=O) groups is 9. The van der Waals surface area contributed by atoms with E-state index < -0.39 is 113 Å². The number of benzene rings is 1. The summed E-state index contributed by atoms with van der Waals surface area (Å²) in [6.07, 6.45) is -0.333. The largest absolute Gasteiger partial charge is 0.460 e. The zero-order chi connectivity index (χ0) is 56.8. The summed E-state index contributed by atoms with van der Waals surface area (Å²) in [7, 11) is 3.11. The van der Waals surface area contributed by atoms with Gasteiger partial charge in [0.1, 0.15) is 47.0 Å². The monoisotopic (exact) mass is 1050 g/mol. The Morgan fingerprint density at radius 2 is 1.03 bits per heavy atom. The van der Waals surface area contributed by atoms with Gasteiger partial charge in [-0.2, -0.15) is 0 Å². The SMILES string of the molecule is COC(CCCCNC(=O)[C@H](CC(C)C)NC(=O)[C@@H](NC(=O)[C@H](Cc1ccccc1C)NC(=O)[C@H](CCC(=O)OC(C)(C)C)NC(=O)[C@H](CC(=O)OC(C)(C)C)NC(=O)CCC(=O)OC(C)(C)C)C(C)(C)C)OC. The van der Waals surface area contributed by atoms with E-state index in [1.54, 1.807) is 116 Å². The van der Waals surface area contributed by atoms with Crippen LogP contribution in [0.15, 0.2) is 24.3 Å². The molecule has 0 aliphatic heterocycles. The van der Waals surface area contributed by atoms with Crippen molar-refractivity contribution in [3.05, 3.63) is 35.4 Å². The summed E-state index contributed by atoms with van der Waals surface area (Å²) in [5, 5.41) is 16.4. The van der Waals surface area contributed by atoms with Crippen LogP contribution in [-0.4, -0.2) is 127 Å². The average molecular weight is 1050 g/mol. The molecule has 0 aromatic heterocycles. The lowest BCUT2D eigenvalue weighted by molar-refractivity contribution is -0.158. The maximum Gasteiger partial charge on any atom is 0.308 e. The van der Waals surface area contributed by atoms with Gasteiger partial charge < -0.3 is 55.6 Å². The predicted molar refractivity (Wildman–Crippen MR) is 279 cm³/mol. The molecule has 0 unspecified atom stereocenters. The minimum Gasteiger partial charge on any atom is -0.460 e. The summed E-state index contributed by atoms with van der Waals surface area (Å²) in [5.74, 6) is -6.75. The zero-order valence-corrected chi connectivity index (χ0v) is 47.3. The normalized spacial score (nSPS) is 14.1. The first kappa shape index (κ1) is 66.4. The van der Waals surface area contributed by atoms with Gasteiger partial charge in [-0.1, -0.05) is 58.9 Å². The molecule has 5 atom stereocenters. The molecule has 0 bridgehead atoms. The lowest BCUT2D eigenvalue weighted by atomic mass is 9.85. The highest BCUT2D eigenvalue weighted by atomic mass is 16.7. The standard InChI is InChI=1S/C54H90N6O14/c1-33(2)30-37(46(65)55-29-21-20-24-44(70-16)71-17)59-50(69)45(51(4,5)6)60-49(68)38(31-35-23-19-18-22-34(35)3)58-47(66)36(25-27-41(62)72-52(7,8)9)57-48(67)39(32-43(64)74-54(13,14)15)56-40(61)26-28-42(63)73-53(10,11)12/h18-19,22-23,33,36-39,44-45H,20-21,24-32H2,1-17H3,(H,55,65)(H,56,61)(H,57,67)(H,58,66)(H,59,69)(H,60,68)/t36-,37-,38-,39-,45+/m0/s1. The third-order valence-corrected chi connectivity index (χ3v) is 10.9. The molecule has 0 spiro atoms. The van der Waals surface area contributed by atoms with Gasteiger partial charge in [0.05, 0.1) is 12.8 Å². The number of hydrogen-bond donors (Lipinski definition) is 6. The molecular weight excluding hydrogens is 957 g/mol. The second kappa shape index (κ2) is 30.7. The highest BCUT2D eigenvalue weighted by Gasteiger charge is 2.38. The molecular formula is C54H90N6O14. The molecule has 1 rings (SSSR count). The molecule has 0 aliphatic carbocycles. The van der Waals surface area contributed by atoms with Crippen molar-refractivity contribution in [1.29, 1.82) is 0 Å². The van der Waals surface area contributed by atoms with Crippen LogP contribution in [0, 0.1) is 18.3 Å². The third kappa shape index (κ3) is 28.2. The number of methoxy groups -OCH3 is 2. The van der Waals surface area contributed by atoms with Gasteiger partial charge in [-0.05, 0) is 124 Å². The Morgan fingerprint density at radius 3 is 1.55 bits per heavy atom. The zero-order valence-electron chi connectivity index (χ0n) is 47.3. The smallest absolute Gasteiger partial charge is 0.308 e. The van der Waals surface area contributed by atoms with Gasteiger partial charge in [-0.15, -0.1) is 0 Å². The van der Waals surface area contributed by atoms with Crippen molar-refractivity contribution in [1.82, 2.24) is 31.9 Å². The van der Waals surface area contributed by atoms with Gasteiger partial charge in [0.25, 0.3) is 0 Å². The van der Waals surface area contributed by atoms with Crippen molar-refractivity contribution >= 4 is 53.4 Å². The Balaban J connectivity index is 3.68. The fourth-order valence-corrected chi connectivity index (χ4v) is 7.35. The first-order valence-corrected chi connectivity index (χ1v) is 25.6. The molecule has 74 heavy (non-hydrogen) atoms. The number of ether oxygens (including phenoxy) is 5. The van der Waals surface area contributed by atoms with E-state index in [4.69, 9.17) is 23.7 Å². The number of unbranched alkanes of at least 4 members (excludes halogenated alkanes) is 1. The Hall–Kier alpha value is -5.63. The van der Waals surface area contributed by atoms with E-state index in [0.29, 0.717) is 37.8 Å². The maximum atomic E-state index is 14.7. The second-order valence-corrected chi connectivity index (χ2v) is 23.1. The van der Waals surface area contributed by atoms with Gasteiger partial charge in [-0.3, -0.25) is 43.2 Å². The number of amides is 6. The minimum atomic E-state index is -1.63. The van der Waals surface area contributed by atoms with Crippen molar-refractivity contribution < 1.29 is 66.8 Å². The highest BCUT2D eigenvalue weighted by Crippen LogP contribution is 2.22. The first-order valence-electron chi connectivity index (χ1n) is 25.6. The van der Waals surface area contributed by atoms with E-state index in [1.165, 1.54) is 0 Å². The van der Waals surface area contributed by atoms with Crippen molar-refractivity contribution in [2.75, 3.05) is 20.8 Å². The summed E-state index contributed by atoms with van der Waals surface area (Å²) in [6, 6.07) is 0.396. The molecule has 20 heteroatoms. The van der Waals surface area contributed by atoms with E-state index >= 15 is 0 Å². The number of nitrogens with one attached hydrogen (secondary N) is 6. The number of hydrogen-bond acceptors (Lipinski definition) is 14. The Labute approximate surface area is 439 Å². The third-order valence-electron chi connectivity index (χ3n) is 10.9. The van der Waals surface area contributed by atoms with Crippen molar-refractivity contribution in [2.24, 2.45) is 11.3 Å². The van der Waals surface area contributed by atoms with Crippen LogP contribution in [0.1, 0.15) is 166 Å². The van der Waals surface area contributed by atoms with Crippen molar-refractivity contribution in [2.45, 2.75) is 221 Å². The minimum absolute atomic E-state index is 0.00312. The Bertz CT molecular complexity index is 2030. The van der Waals surface area contributed by atoms with Gasteiger partial charge in [-0.25, -0.2) is 0 Å². The fraction of sp³-hybridized carbons (Fsp3) is 0.722. The molecule has 1 aromatic rings. The lowest BCUT2D eigenvalue weighted by Crippen LogP contribution is -2.62. The quantitative estimate of drug-likeness (QED) is 0.0269. The van der Waals surface area contributed by atoms with Gasteiger partial charge >= 0.3 is 17.9 Å². The van der Waals surface area contributed by atoms with Gasteiger partial charge in [0.15, 0.2) is 6.29 Å². The van der Waals surface area contributed by atoms with Crippen molar-refractivity contribution in [3.8, 4) is 0 Å². The first-order chi connectivity index (χ1) is 34.0. The number of carbonyl (C=O) groups excluding carboxylic acids is 9. The van der Waals surface area contributed by atoms with Gasteiger partial charge in [0, 0.05) is 40.0 Å². The molecule has 0 aliphatic rings. The Morgan fingerprint density at radius 1 is 0.527 bits per heavy atom. The van der Waals surface area contributed by atoms with Crippen LogP contribution in [0.4, 0.5) is 0 Å². The molecule has 0 radical (unpaired) electrons. The summed E-state index contributed by atoms with van der Waals surface area (Å²) in [6.45, 7) is 26.1. The molecule has 0 fully saturated rings. The summed E-state index contributed by atoms with van der Waals surface area (Å²) >= 11 is 0. The van der Waals surface area contributed by atoms with Crippen LogP contribution in [0.25, 0.3) is 0 Å². The lowest BCUT2D eigenvalue weighted by Gasteiger charge is -2.33. The topological polar surface area (TPSA) is 272 Å². The fourth-order valence-electron chi connectivity index (χ4n) is 7.35. The number of aryl methyl sites for hydroxylation is 1. The molecule has 0 saturated heterocycles. The molecule has 6 amide bonds. The van der Waals surface area contributed by atoms with Crippen LogP contribution in [0.5, 0.6) is 0 Å². The molecule has 0 saturated carbocycles. The van der Waals surface area contributed by atoms with Crippen molar-refractivity contribution in [3.63, 3.8) is 0 Å². The Kier molecular flexibility index (Phi) is 27.5. The average Bonchev–Trinajstić information content (AvgIpc) is 3.24. The predicted octanol–water partition coefficient (Wildman–Crippen LogP) is 4.93.